The third-order valence-electron chi connectivity index (χ3n) is 5.30. The Kier molecular flexibility index (Phi) is 5.10. The Morgan fingerprint density at radius 1 is 0.594 bits per heavy atom. The van der Waals surface area contributed by atoms with Gasteiger partial charge in [-0.25, -0.2) is 14.4 Å². The Balaban J connectivity index is 0.00000216. The molecule has 0 saturated heterocycles. The van der Waals surface area contributed by atoms with Crippen LogP contribution in [0, 0.1) is 5.82 Å². The summed E-state index contributed by atoms with van der Waals surface area (Å²) in [5.74, 6) is -0.261. The number of fused-ring (bicyclic) bond motifs is 8. The van der Waals surface area contributed by atoms with Gasteiger partial charge in [0.1, 0.15) is 5.82 Å². The van der Waals surface area contributed by atoms with Crippen molar-refractivity contribution in [1.82, 2.24) is 19.9 Å². The standard InChI is InChI=1S/C26H17FN4.Fe/c27-17-3-1-2-16(10-17)25-14-24-13-22-7-6-20(29-22)11-18-4-5-19(28-18)12-21-8-9-23(30-21)15-26(25)31-24;/h1-15,29,31H;. The Bertz CT molecular complexity index is 1560. The molecule has 8 bridgehead atoms. The summed E-state index contributed by atoms with van der Waals surface area (Å²) in [5.41, 5.74) is 8.88. The molecule has 0 unspecified atom stereocenters. The van der Waals surface area contributed by atoms with Crippen LogP contribution in [0.15, 0.2) is 66.7 Å². The number of rotatable bonds is 1. The van der Waals surface area contributed by atoms with Crippen molar-refractivity contribution >= 4 is 46.4 Å². The minimum absolute atomic E-state index is 0. The number of nitrogens with zero attached hydrogens (tertiary/aromatic N) is 2. The van der Waals surface area contributed by atoms with Crippen molar-refractivity contribution in [2.45, 2.75) is 0 Å². The van der Waals surface area contributed by atoms with Crippen molar-refractivity contribution in [2.75, 3.05) is 0 Å². The van der Waals surface area contributed by atoms with Crippen molar-refractivity contribution in [3.63, 3.8) is 0 Å². The fraction of sp³-hybridized carbons (Fsp3) is 0. The van der Waals surface area contributed by atoms with Gasteiger partial charge in [-0.05, 0) is 84.5 Å². The number of nitrogens with one attached hydrogen (secondary N) is 2. The van der Waals surface area contributed by atoms with E-state index in [1.807, 2.05) is 72.8 Å². The van der Waals surface area contributed by atoms with Gasteiger partial charge in [0.05, 0.1) is 22.8 Å². The molecule has 0 aliphatic carbocycles. The SMILES string of the molecule is Fc1cccc(-c2cc3cc4ccc(cc5nc(cc6nc(cc2[nH]3)C=C6)C=C5)[nH]4)c1.[Fe]. The van der Waals surface area contributed by atoms with E-state index >= 15 is 0 Å². The van der Waals surface area contributed by atoms with E-state index < -0.39 is 0 Å². The van der Waals surface area contributed by atoms with E-state index in [-0.39, 0.29) is 22.9 Å². The van der Waals surface area contributed by atoms with Gasteiger partial charge < -0.3 is 9.97 Å². The number of aromatic nitrogens is 4. The minimum Gasteiger partial charge on any atom is -0.355 e. The van der Waals surface area contributed by atoms with Gasteiger partial charge in [-0.3, -0.25) is 0 Å². The monoisotopic (exact) mass is 460 g/mol. The zero-order valence-corrected chi connectivity index (χ0v) is 17.9. The summed E-state index contributed by atoms with van der Waals surface area (Å²) in [6, 6.07) is 20.7. The number of hydrogen-bond acceptors (Lipinski definition) is 2. The molecule has 1 aromatic carbocycles. The second-order valence-electron chi connectivity index (χ2n) is 7.60. The maximum atomic E-state index is 13.9. The van der Waals surface area contributed by atoms with Gasteiger partial charge in [0.25, 0.3) is 0 Å². The number of aromatic amines is 2. The molecule has 4 aromatic rings. The fourth-order valence-electron chi connectivity index (χ4n) is 3.91. The molecular weight excluding hydrogens is 443 g/mol. The Hall–Kier alpha value is -3.73. The molecule has 0 radical (unpaired) electrons. The number of hydrogen-bond donors (Lipinski definition) is 2. The fourth-order valence-corrected chi connectivity index (χ4v) is 3.91. The largest absolute Gasteiger partial charge is 0.355 e. The molecule has 2 aliphatic rings. The first-order valence-corrected chi connectivity index (χ1v) is 10.0. The number of benzene rings is 1. The first-order valence-electron chi connectivity index (χ1n) is 10.0. The zero-order chi connectivity index (χ0) is 20.8. The van der Waals surface area contributed by atoms with E-state index in [0.29, 0.717) is 0 Å². The topological polar surface area (TPSA) is 57.4 Å². The zero-order valence-electron chi connectivity index (χ0n) is 16.8. The number of halogens is 1. The maximum absolute atomic E-state index is 13.9. The van der Waals surface area contributed by atoms with Crippen LogP contribution in [0.2, 0.25) is 0 Å². The molecule has 6 heteroatoms. The first-order chi connectivity index (χ1) is 15.2. The smallest absolute Gasteiger partial charge is 0.123 e. The average Bonchev–Trinajstić information content (AvgIpc) is 3.53. The van der Waals surface area contributed by atoms with Crippen molar-refractivity contribution < 1.29 is 21.5 Å². The van der Waals surface area contributed by atoms with Gasteiger partial charge in [0.2, 0.25) is 0 Å². The Labute approximate surface area is 194 Å². The van der Waals surface area contributed by atoms with Crippen LogP contribution in [0.1, 0.15) is 22.8 Å². The van der Waals surface area contributed by atoms with Crippen LogP contribution >= 0.6 is 0 Å². The number of H-pyrrole nitrogens is 2. The van der Waals surface area contributed by atoms with Gasteiger partial charge in [-0.15, -0.1) is 0 Å². The van der Waals surface area contributed by atoms with E-state index in [2.05, 4.69) is 15.0 Å². The van der Waals surface area contributed by atoms with Crippen molar-refractivity contribution in [3.05, 3.63) is 95.3 Å². The summed E-state index contributed by atoms with van der Waals surface area (Å²) >= 11 is 0. The third kappa shape index (κ3) is 3.94. The molecule has 0 spiro atoms. The first kappa shape index (κ1) is 20.2. The van der Waals surface area contributed by atoms with Crippen LogP contribution in [-0.2, 0) is 17.1 Å². The maximum Gasteiger partial charge on any atom is 0.123 e. The van der Waals surface area contributed by atoms with Gasteiger partial charge in [-0.1, -0.05) is 12.1 Å². The van der Waals surface area contributed by atoms with Crippen LogP contribution in [-0.4, -0.2) is 19.9 Å². The molecule has 156 valence electrons. The van der Waals surface area contributed by atoms with Gasteiger partial charge >= 0.3 is 0 Å². The van der Waals surface area contributed by atoms with Gasteiger partial charge in [0.15, 0.2) is 0 Å². The van der Waals surface area contributed by atoms with Crippen LogP contribution in [0.4, 0.5) is 4.39 Å². The molecule has 0 atom stereocenters. The molecular formula is C26H17FFeN4. The van der Waals surface area contributed by atoms with Crippen LogP contribution in [0.5, 0.6) is 0 Å². The summed E-state index contributed by atoms with van der Waals surface area (Å²) in [7, 11) is 0. The second-order valence-corrected chi connectivity index (χ2v) is 7.60. The van der Waals surface area contributed by atoms with Crippen LogP contribution in [0.3, 0.4) is 0 Å². The van der Waals surface area contributed by atoms with Crippen LogP contribution < -0.4 is 0 Å². The summed E-state index contributed by atoms with van der Waals surface area (Å²) in [4.78, 5) is 16.2. The van der Waals surface area contributed by atoms with E-state index in [1.54, 1.807) is 12.1 Å². The van der Waals surface area contributed by atoms with Crippen molar-refractivity contribution in [2.24, 2.45) is 0 Å². The molecule has 4 nitrogen and oxygen atoms in total. The van der Waals surface area contributed by atoms with E-state index in [0.717, 1.165) is 56.0 Å². The molecule has 6 rings (SSSR count). The molecule has 0 saturated carbocycles. The molecule has 0 amide bonds. The second kappa shape index (κ2) is 8.08. The normalized spacial score (nSPS) is 12.0. The van der Waals surface area contributed by atoms with E-state index in [4.69, 9.17) is 4.98 Å². The predicted molar refractivity (Wildman–Crippen MR) is 124 cm³/mol. The summed E-state index contributed by atoms with van der Waals surface area (Å²) in [6.45, 7) is 0. The molecule has 32 heavy (non-hydrogen) atoms. The predicted octanol–water partition coefficient (Wildman–Crippen LogP) is 6.46. The Morgan fingerprint density at radius 2 is 1.25 bits per heavy atom. The van der Waals surface area contributed by atoms with Gasteiger partial charge in [0, 0.05) is 44.7 Å². The summed E-state index contributed by atoms with van der Waals surface area (Å²) in [6.07, 6.45) is 7.91. The van der Waals surface area contributed by atoms with E-state index in [1.165, 1.54) is 6.07 Å². The summed E-state index contributed by atoms with van der Waals surface area (Å²) < 4.78 is 13.9. The summed E-state index contributed by atoms with van der Waals surface area (Å²) in [5, 5.41) is 0. The molecule has 2 N–H and O–H groups in total. The molecule has 5 heterocycles. The van der Waals surface area contributed by atoms with E-state index in [9.17, 15) is 4.39 Å². The molecule has 0 fully saturated rings. The Morgan fingerprint density at radius 3 is 1.97 bits per heavy atom. The quantitative estimate of drug-likeness (QED) is 0.277. The van der Waals surface area contributed by atoms with Crippen molar-refractivity contribution in [3.8, 4) is 11.1 Å². The molecule has 3 aromatic heterocycles. The molecule has 2 aliphatic heterocycles. The van der Waals surface area contributed by atoms with Gasteiger partial charge in [-0.2, -0.15) is 0 Å². The average molecular weight is 460 g/mol. The third-order valence-corrected chi connectivity index (χ3v) is 5.30. The minimum atomic E-state index is -0.261. The van der Waals surface area contributed by atoms with Crippen molar-refractivity contribution in [1.29, 1.82) is 0 Å². The van der Waals surface area contributed by atoms with Crippen LogP contribution in [0.25, 0.3) is 57.5 Å².